The van der Waals surface area contributed by atoms with Crippen LogP contribution in [0.1, 0.15) is 17.2 Å². The summed E-state index contributed by atoms with van der Waals surface area (Å²) in [7, 11) is 0. The molecule has 2 aromatic heterocycles. The van der Waals surface area contributed by atoms with E-state index in [1.807, 2.05) is 36.4 Å². The standard InChI is InChI=1S/C26H23FN4S/c1-3-7-17-8-5-6-9-21(17)22(4-2)29-23-16-19(14-15-28-23)25-24(30-26(32)31-25)18-10-12-20(27)13-11-18/h3-6,8-16,22H,1-2,7H2,(H,28,29)(H2,30,31,32). The molecule has 3 N–H and O–H groups in total. The number of hydrogen-bond donors (Lipinski definition) is 3. The predicted molar refractivity (Wildman–Crippen MR) is 132 cm³/mol. The molecule has 4 aromatic rings. The highest BCUT2D eigenvalue weighted by Crippen LogP contribution is 2.31. The van der Waals surface area contributed by atoms with Gasteiger partial charge >= 0.3 is 0 Å². The number of halogens is 1. The molecule has 0 fully saturated rings. The van der Waals surface area contributed by atoms with Crippen molar-refractivity contribution >= 4 is 18.0 Å². The monoisotopic (exact) mass is 442 g/mol. The van der Waals surface area contributed by atoms with Crippen molar-refractivity contribution in [2.24, 2.45) is 0 Å². The summed E-state index contributed by atoms with van der Waals surface area (Å²) < 4.78 is 13.9. The lowest BCUT2D eigenvalue weighted by Gasteiger charge is -2.19. The van der Waals surface area contributed by atoms with Gasteiger partial charge in [0.1, 0.15) is 11.6 Å². The number of nitrogens with one attached hydrogen (secondary N) is 3. The summed E-state index contributed by atoms with van der Waals surface area (Å²) in [6.45, 7) is 7.86. The highest BCUT2D eigenvalue weighted by Gasteiger charge is 2.15. The number of anilines is 1. The summed E-state index contributed by atoms with van der Waals surface area (Å²) in [5.74, 6) is 0.415. The lowest BCUT2D eigenvalue weighted by atomic mass is 9.98. The minimum atomic E-state index is -0.285. The molecule has 6 heteroatoms. The second kappa shape index (κ2) is 9.58. The van der Waals surface area contributed by atoms with E-state index in [4.69, 9.17) is 12.2 Å². The molecule has 2 heterocycles. The zero-order valence-corrected chi connectivity index (χ0v) is 18.3. The third-order valence-corrected chi connectivity index (χ3v) is 5.41. The van der Waals surface area contributed by atoms with Crippen LogP contribution >= 0.6 is 12.2 Å². The van der Waals surface area contributed by atoms with Gasteiger partial charge in [0.15, 0.2) is 4.77 Å². The second-order valence-electron chi connectivity index (χ2n) is 7.32. The maximum atomic E-state index is 13.4. The average molecular weight is 443 g/mol. The number of hydrogen-bond acceptors (Lipinski definition) is 3. The number of pyridine rings is 1. The van der Waals surface area contributed by atoms with E-state index in [-0.39, 0.29) is 11.9 Å². The number of aromatic amines is 2. The Kier molecular flexibility index (Phi) is 6.42. The fraction of sp³-hybridized carbons (Fsp3) is 0.0769. The summed E-state index contributed by atoms with van der Waals surface area (Å²) in [5, 5.41) is 3.46. The van der Waals surface area contributed by atoms with Gasteiger partial charge in [-0.05, 0) is 66.2 Å². The van der Waals surface area contributed by atoms with Gasteiger partial charge in [0.05, 0.1) is 17.4 Å². The van der Waals surface area contributed by atoms with Crippen LogP contribution in [-0.2, 0) is 6.42 Å². The first-order valence-corrected chi connectivity index (χ1v) is 10.6. The van der Waals surface area contributed by atoms with Gasteiger partial charge in [-0.25, -0.2) is 9.37 Å². The smallest absolute Gasteiger partial charge is 0.175 e. The Morgan fingerprint density at radius 2 is 1.72 bits per heavy atom. The normalized spacial score (nSPS) is 11.7. The van der Waals surface area contributed by atoms with Crippen LogP contribution in [0.2, 0.25) is 0 Å². The summed E-state index contributed by atoms with van der Waals surface area (Å²) in [6.07, 6.45) is 6.27. The summed E-state index contributed by atoms with van der Waals surface area (Å²) in [4.78, 5) is 10.9. The molecule has 4 rings (SSSR count). The zero-order valence-electron chi connectivity index (χ0n) is 17.4. The van der Waals surface area contributed by atoms with Gasteiger partial charge in [-0.2, -0.15) is 0 Å². The molecule has 0 spiro atoms. The third-order valence-electron chi connectivity index (χ3n) is 5.20. The number of imidazole rings is 1. The van der Waals surface area contributed by atoms with Crippen molar-refractivity contribution in [1.82, 2.24) is 15.0 Å². The molecule has 0 radical (unpaired) electrons. The summed E-state index contributed by atoms with van der Waals surface area (Å²) in [5.41, 5.74) is 5.66. The van der Waals surface area contributed by atoms with E-state index in [1.165, 1.54) is 17.7 Å². The molecule has 4 nitrogen and oxygen atoms in total. The molecule has 1 unspecified atom stereocenters. The largest absolute Gasteiger partial charge is 0.360 e. The van der Waals surface area contributed by atoms with Crippen LogP contribution in [0.15, 0.2) is 92.2 Å². The van der Waals surface area contributed by atoms with Crippen molar-refractivity contribution in [2.75, 3.05) is 5.32 Å². The van der Waals surface area contributed by atoms with E-state index in [0.717, 1.165) is 34.5 Å². The van der Waals surface area contributed by atoms with Crippen molar-refractivity contribution in [2.45, 2.75) is 12.5 Å². The number of H-pyrrole nitrogens is 2. The van der Waals surface area contributed by atoms with Crippen LogP contribution in [0.4, 0.5) is 10.2 Å². The predicted octanol–water partition coefficient (Wildman–Crippen LogP) is 7.01. The van der Waals surface area contributed by atoms with Gasteiger partial charge in [-0.1, -0.05) is 36.4 Å². The lowest BCUT2D eigenvalue weighted by Crippen LogP contribution is -2.11. The molecule has 0 saturated heterocycles. The van der Waals surface area contributed by atoms with Crippen molar-refractivity contribution in [3.05, 3.63) is 114 Å². The Morgan fingerprint density at radius 3 is 2.44 bits per heavy atom. The van der Waals surface area contributed by atoms with Crippen molar-refractivity contribution in [1.29, 1.82) is 0 Å². The molecule has 32 heavy (non-hydrogen) atoms. The maximum absolute atomic E-state index is 13.4. The van der Waals surface area contributed by atoms with Gasteiger partial charge in [0.25, 0.3) is 0 Å². The maximum Gasteiger partial charge on any atom is 0.175 e. The van der Waals surface area contributed by atoms with E-state index < -0.39 is 0 Å². The quantitative estimate of drug-likeness (QED) is 0.203. The molecule has 0 saturated carbocycles. The highest BCUT2D eigenvalue weighted by molar-refractivity contribution is 7.71. The minimum absolute atomic E-state index is 0.116. The molecule has 160 valence electrons. The molecule has 0 aliphatic rings. The van der Waals surface area contributed by atoms with Crippen LogP contribution in [0.5, 0.6) is 0 Å². The van der Waals surface area contributed by atoms with Crippen LogP contribution < -0.4 is 5.32 Å². The average Bonchev–Trinajstić information content (AvgIpc) is 3.20. The van der Waals surface area contributed by atoms with Crippen LogP contribution in [0.3, 0.4) is 0 Å². The Balaban J connectivity index is 1.68. The first kappa shape index (κ1) is 21.5. The number of rotatable bonds is 8. The molecule has 0 aliphatic carbocycles. The van der Waals surface area contributed by atoms with Crippen LogP contribution in [0.25, 0.3) is 22.5 Å². The Morgan fingerprint density at radius 1 is 1.00 bits per heavy atom. The molecule has 1 atom stereocenters. The van der Waals surface area contributed by atoms with E-state index in [2.05, 4.69) is 45.6 Å². The first-order chi connectivity index (χ1) is 15.6. The fourth-order valence-corrected chi connectivity index (χ4v) is 3.90. The number of aromatic nitrogens is 3. The number of nitrogens with zero attached hydrogens (tertiary/aromatic N) is 1. The van der Waals surface area contributed by atoms with Crippen LogP contribution in [-0.4, -0.2) is 15.0 Å². The van der Waals surface area contributed by atoms with E-state index in [0.29, 0.717) is 10.6 Å². The topological polar surface area (TPSA) is 56.5 Å². The molecule has 0 amide bonds. The number of benzene rings is 2. The first-order valence-electron chi connectivity index (χ1n) is 10.2. The fourth-order valence-electron chi connectivity index (χ4n) is 3.70. The Hall–Kier alpha value is -3.77. The molecule has 0 aliphatic heterocycles. The molecular weight excluding hydrogens is 419 g/mol. The molecular formula is C26H23FN4S. The number of allylic oxidation sites excluding steroid dienone is 1. The Labute approximate surface area is 191 Å². The lowest BCUT2D eigenvalue weighted by molar-refractivity contribution is 0.628. The SMILES string of the molecule is C=CCc1ccccc1C(C=C)Nc1cc(-c2[nH]c(=S)[nH]c2-c2ccc(F)cc2)ccn1. The van der Waals surface area contributed by atoms with Crippen molar-refractivity contribution in [3.63, 3.8) is 0 Å². The van der Waals surface area contributed by atoms with Gasteiger partial charge in [-0.15, -0.1) is 13.2 Å². The Bertz CT molecular complexity index is 1300. The van der Waals surface area contributed by atoms with Gasteiger partial charge in [0.2, 0.25) is 0 Å². The van der Waals surface area contributed by atoms with Crippen molar-refractivity contribution in [3.8, 4) is 22.5 Å². The third kappa shape index (κ3) is 4.60. The summed E-state index contributed by atoms with van der Waals surface area (Å²) >= 11 is 5.33. The highest BCUT2D eigenvalue weighted by atomic mass is 32.1. The van der Waals surface area contributed by atoms with Gasteiger partial charge < -0.3 is 15.3 Å². The van der Waals surface area contributed by atoms with Gasteiger partial charge in [-0.3, -0.25) is 0 Å². The van der Waals surface area contributed by atoms with Gasteiger partial charge in [0, 0.05) is 17.3 Å². The minimum Gasteiger partial charge on any atom is -0.360 e. The zero-order chi connectivity index (χ0) is 22.5. The van der Waals surface area contributed by atoms with Crippen LogP contribution in [0, 0.1) is 10.6 Å². The van der Waals surface area contributed by atoms with E-state index in [1.54, 1.807) is 18.3 Å². The van der Waals surface area contributed by atoms with E-state index >= 15 is 0 Å². The van der Waals surface area contributed by atoms with Crippen molar-refractivity contribution < 1.29 is 4.39 Å². The van der Waals surface area contributed by atoms with E-state index in [9.17, 15) is 4.39 Å². The molecule has 2 aromatic carbocycles. The second-order valence-corrected chi connectivity index (χ2v) is 7.72. The molecule has 0 bridgehead atoms. The summed E-state index contributed by atoms with van der Waals surface area (Å²) in [6, 6.07) is 18.2.